The van der Waals surface area contributed by atoms with Crippen molar-refractivity contribution < 1.29 is 5.11 Å². The molecule has 1 rings (SSSR count). The molecule has 74 valence electrons. The minimum Gasteiger partial charge on any atom is -0.396 e. The van der Waals surface area contributed by atoms with Crippen LogP contribution in [0.25, 0.3) is 0 Å². The lowest BCUT2D eigenvalue weighted by Gasteiger charge is -2.14. The maximum Gasteiger partial charge on any atom is 0.186 e. The van der Waals surface area contributed by atoms with Gasteiger partial charge in [-0.1, -0.05) is 18.5 Å². The van der Waals surface area contributed by atoms with Crippen LogP contribution >= 0.6 is 23.3 Å². The molecule has 0 radical (unpaired) electrons. The predicted octanol–water partition coefficient (Wildman–Crippen LogP) is 1.76. The number of aliphatic hydroxyl groups is 1. The smallest absolute Gasteiger partial charge is 0.186 e. The molecule has 0 saturated heterocycles. The van der Waals surface area contributed by atoms with Crippen LogP contribution in [0.5, 0.6) is 0 Å². The molecule has 1 aromatic heterocycles. The van der Waals surface area contributed by atoms with Crippen LogP contribution in [-0.4, -0.2) is 26.5 Å². The number of anilines is 1. The molecule has 0 fully saturated rings. The van der Waals surface area contributed by atoms with Gasteiger partial charge in [-0.2, -0.15) is 8.75 Å². The molecule has 13 heavy (non-hydrogen) atoms. The van der Waals surface area contributed by atoms with Crippen molar-refractivity contribution in [2.24, 2.45) is 0 Å². The van der Waals surface area contributed by atoms with E-state index < -0.39 is 0 Å². The molecule has 1 aromatic rings. The largest absolute Gasteiger partial charge is 0.396 e. The fraction of sp³-hybridized carbons (Fsp3) is 0.714. The fourth-order valence-corrected chi connectivity index (χ4v) is 1.65. The first-order chi connectivity index (χ1) is 6.27. The highest BCUT2D eigenvalue weighted by molar-refractivity contribution is 6.99. The van der Waals surface area contributed by atoms with Crippen molar-refractivity contribution in [3.8, 4) is 0 Å². The molecule has 0 aliphatic carbocycles. The molecule has 0 spiro atoms. The van der Waals surface area contributed by atoms with E-state index in [2.05, 4.69) is 14.1 Å². The Kier molecular flexibility index (Phi) is 4.41. The highest BCUT2D eigenvalue weighted by Gasteiger charge is 2.10. The molecular formula is C7H12ClN3OS. The minimum atomic E-state index is 0.167. The lowest BCUT2D eigenvalue weighted by atomic mass is 10.1. The Morgan fingerprint density at radius 2 is 2.38 bits per heavy atom. The lowest BCUT2D eigenvalue weighted by molar-refractivity contribution is 0.278. The van der Waals surface area contributed by atoms with Crippen LogP contribution in [-0.2, 0) is 0 Å². The maximum atomic E-state index is 8.76. The Hall–Kier alpha value is -0.390. The number of rotatable bonds is 5. The standard InChI is InChI=1S/C7H12ClN3OS/c1-2-5(3-4-12)9-7-6(8)10-13-11-7/h5,12H,2-4H2,1H3,(H,9,11). The van der Waals surface area contributed by atoms with Crippen LogP contribution < -0.4 is 5.32 Å². The maximum absolute atomic E-state index is 8.76. The van der Waals surface area contributed by atoms with Crippen molar-refractivity contribution in [3.63, 3.8) is 0 Å². The summed E-state index contributed by atoms with van der Waals surface area (Å²) in [4.78, 5) is 0. The van der Waals surface area contributed by atoms with E-state index in [-0.39, 0.29) is 12.6 Å². The molecule has 1 atom stereocenters. The number of hydrogen-bond donors (Lipinski definition) is 2. The third-order valence-electron chi connectivity index (χ3n) is 1.76. The van der Waals surface area contributed by atoms with Crippen molar-refractivity contribution in [1.82, 2.24) is 8.75 Å². The van der Waals surface area contributed by atoms with E-state index >= 15 is 0 Å². The normalized spacial score (nSPS) is 12.8. The Balaban J connectivity index is 2.51. The SMILES string of the molecule is CCC(CCO)Nc1nsnc1Cl. The van der Waals surface area contributed by atoms with Crippen LogP contribution in [0.4, 0.5) is 5.82 Å². The molecular weight excluding hydrogens is 210 g/mol. The molecule has 0 bridgehead atoms. The molecule has 0 aliphatic heterocycles. The van der Waals surface area contributed by atoms with Gasteiger partial charge in [0.05, 0.1) is 11.7 Å². The average Bonchev–Trinajstić information content (AvgIpc) is 2.51. The Morgan fingerprint density at radius 1 is 1.62 bits per heavy atom. The first kappa shape index (κ1) is 10.7. The summed E-state index contributed by atoms with van der Waals surface area (Å²) in [6, 6.07) is 0.214. The molecule has 0 saturated carbocycles. The van der Waals surface area contributed by atoms with Gasteiger partial charge in [-0.05, 0) is 12.8 Å². The molecule has 2 N–H and O–H groups in total. The lowest BCUT2D eigenvalue weighted by Crippen LogP contribution is -2.20. The second kappa shape index (κ2) is 5.36. The summed E-state index contributed by atoms with van der Waals surface area (Å²) in [7, 11) is 0. The van der Waals surface area contributed by atoms with Gasteiger partial charge in [0.1, 0.15) is 0 Å². The third-order valence-corrected chi connectivity index (χ3v) is 2.65. The summed E-state index contributed by atoms with van der Waals surface area (Å²) in [5, 5.41) is 12.3. The van der Waals surface area contributed by atoms with Crippen molar-refractivity contribution in [2.45, 2.75) is 25.8 Å². The molecule has 0 amide bonds. The van der Waals surface area contributed by atoms with E-state index in [1.807, 2.05) is 6.92 Å². The summed E-state index contributed by atoms with van der Waals surface area (Å²) >= 11 is 6.83. The number of hydrogen-bond acceptors (Lipinski definition) is 5. The van der Waals surface area contributed by atoms with Crippen LogP contribution in [0.2, 0.25) is 5.15 Å². The number of aliphatic hydroxyl groups excluding tert-OH is 1. The summed E-state index contributed by atoms with van der Waals surface area (Å²) in [5.41, 5.74) is 0. The van der Waals surface area contributed by atoms with Crippen LogP contribution in [0.1, 0.15) is 19.8 Å². The van der Waals surface area contributed by atoms with E-state index in [4.69, 9.17) is 16.7 Å². The monoisotopic (exact) mass is 221 g/mol. The highest BCUT2D eigenvalue weighted by Crippen LogP contribution is 2.19. The van der Waals surface area contributed by atoms with Crippen molar-refractivity contribution in [2.75, 3.05) is 11.9 Å². The molecule has 0 aromatic carbocycles. The second-order valence-electron chi connectivity index (χ2n) is 2.67. The van der Waals surface area contributed by atoms with E-state index in [1.165, 1.54) is 0 Å². The van der Waals surface area contributed by atoms with Gasteiger partial charge in [-0.15, -0.1) is 0 Å². The van der Waals surface area contributed by atoms with E-state index in [9.17, 15) is 0 Å². The molecule has 1 heterocycles. The van der Waals surface area contributed by atoms with E-state index in [0.29, 0.717) is 17.4 Å². The van der Waals surface area contributed by atoms with Crippen LogP contribution in [0, 0.1) is 0 Å². The quantitative estimate of drug-likeness (QED) is 0.796. The summed E-state index contributed by atoms with van der Waals surface area (Å²) < 4.78 is 7.83. The second-order valence-corrected chi connectivity index (χ2v) is 3.55. The Bertz CT molecular complexity index is 256. The zero-order valence-electron chi connectivity index (χ0n) is 7.33. The zero-order chi connectivity index (χ0) is 9.68. The Labute approximate surface area is 86.3 Å². The van der Waals surface area contributed by atoms with Gasteiger partial charge >= 0.3 is 0 Å². The topological polar surface area (TPSA) is 58.0 Å². The van der Waals surface area contributed by atoms with Gasteiger partial charge in [0.15, 0.2) is 11.0 Å². The van der Waals surface area contributed by atoms with E-state index in [0.717, 1.165) is 18.1 Å². The fourth-order valence-electron chi connectivity index (χ4n) is 0.991. The van der Waals surface area contributed by atoms with E-state index in [1.54, 1.807) is 0 Å². The molecule has 1 unspecified atom stereocenters. The highest BCUT2D eigenvalue weighted by atomic mass is 35.5. The first-order valence-corrected chi connectivity index (χ1v) is 5.24. The summed E-state index contributed by atoms with van der Waals surface area (Å²) in [6.45, 7) is 2.21. The third kappa shape index (κ3) is 3.10. The minimum absolute atomic E-state index is 0.167. The predicted molar refractivity (Wildman–Crippen MR) is 54.3 cm³/mol. The summed E-state index contributed by atoms with van der Waals surface area (Å²) in [5.74, 6) is 0.618. The number of nitrogens with one attached hydrogen (secondary N) is 1. The van der Waals surface area contributed by atoms with Gasteiger partial charge in [0.2, 0.25) is 0 Å². The summed E-state index contributed by atoms with van der Waals surface area (Å²) in [6.07, 6.45) is 1.62. The number of nitrogens with zero attached hydrogens (tertiary/aromatic N) is 2. The molecule has 0 aliphatic rings. The van der Waals surface area contributed by atoms with Gasteiger partial charge in [0, 0.05) is 12.6 Å². The van der Waals surface area contributed by atoms with Gasteiger partial charge in [0.25, 0.3) is 0 Å². The van der Waals surface area contributed by atoms with Gasteiger partial charge in [-0.25, -0.2) is 0 Å². The van der Waals surface area contributed by atoms with Crippen molar-refractivity contribution in [1.29, 1.82) is 0 Å². The molecule has 4 nitrogen and oxygen atoms in total. The zero-order valence-corrected chi connectivity index (χ0v) is 8.90. The molecule has 6 heteroatoms. The number of halogens is 1. The van der Waals surface area contributed by atoms with Crippen LogP contribution in [0.3, 0.4) is 0 Å². The van der Waals surface area contributed by atoms with Gasteiger partial charge < -0.3 is 10.4 Å². The Morgan fingerprint density at radius 3 is 2.85 bits per heavy atom. The van der Waals surface area contributed by atoms with Crippen LogP contribution in [0.15, 0.2) is 0 Å². The van der Waals surface area contributed by atoms with Crippen molar-refractivity contribution >= 4 is 29.1 Å². The number of aromatic nitrogens is 2. The van der Waals surface area contributed by atoms with Crippen molar-refractivity contribution in [3.05, 3.63) is 5.15 Å². The van der Waals surface area contributed by atoms with Gasteiger partial charge in [-0.3, -0.25) is 0 Å². The average molecular weight is 222 g/mol. The first-order valence-electron chi connectivity index (χ1n) is 4.13.